The Kier molecular flexibility index (Phi) is 4.01. The molecule has 0 aliphatic rings. The maximum absolute atomic E-state index is 11.0. The van der Waals surface area contributed by atoms with Gasteiger partial charge in [0.1, 0.15) is 0 Å². The van der Waals surface area contributed by atoms with Crippen LogP contribution in [0.1, 0.15) is 0 Å². The van der Waals surface area contributed by atoms with Crippen molar-refractivity contribution in [1.82, 2.24) is 0 Å². The zero-order valence-electron chi connectivity index (χ0n) is 7.46. The third-order valence-corrected chi connectivity index (χ3v) is 9.23. The maximum Gasteiger partial charge on any atom is 0.400 e. The van der Waals surface area contributed by atoms with Gasteiger partial charge in [-0.25, -0.2) is 0 Å². The molecule has 0 aliphatic heterocycles. The van der Waals surface area contributed by atoms with E-state index in [0.29, 0.717) is 0 Å². The first-order valence-electron chi connectivity index (χ1n) is 2.99. The molecule has 0 aromatic rings. The fourth-order valence-electron chi connectivity index (χ4n) is 0.390. The summed E-state index contributed by atoms with van der Waals surface area (Å²) in [6, 6.07) is 0. The highest BCUT2D eigenvalue weighted by Gasteiger charge is 2.44. The molecular weight excluding hydrogens is 272 g/mol. The highest BCUT2D eigenvalue weighted by molar-refractivity contribution is 8.98. The van der Waals surface area contributed by atoms with E-state index < -0.39 is 26.0 Å². The molecule has 0 N–H and O–H groups in total. The first-order chi connectivity index (χ1) is 6.62. The third-order valence-electron chi connectivity index (χ3n) is 0.879. The molecular formula is C2H6N4O6S3. The van der Waals surface area contributed by atoms with Crippen LogP contribution in [0.3, 0.4) is 0 Å². The molecule has 0 spiro atoms. The van der Waals surface area contributed by atoms with Crippen LogP contribution in [0.25, 0.3) is 0 Å². The van der Waals surface area contributed by atoms with Gasteiger partial charge in [0.15, 0.2) is 0 Å². The van der Waals surface area contributed by atoms with Crippen LogP contribution in [0, 0.1) is 0 Å². The number of nitrogens with zero attached hydrogens (tertiary/aromatic N) is 4. The molecule has 0 bridgehead atoms. The van der Waals surface area contributed by atoms with Crippen LogP contribution >= 0.6 is 0 Å². The number of rotatable bonds is 4. The van der Waals surface area contributed by atoms with Crippen molar-refractivity contribution in [2.24, 2.45) is 19.3 Å². The Morgan fingerprint density at radius 1 is 0.667 bits per heavy atom. The van der Waals surface area contributed by atoms with E-state index >= 15 is 0 Å². The SMILES string of the molecule is CN=NS(=O)(=O)S(=O)(=O)S(=O)(=O)N=NC. The van der Waals surface area contributed by atoms with Gasteiger partial charge in [-0.1, -0.05) is 0 Å². The van der Waals surface area contributed by atoms with Crippen molar-refractivity contribution < 1.29 is 25.3 Å². The van der Waals surface area contributed by atoms with E-state index in [9.17, 15) is 25.3 Å². The van der Waals surface area contributed by atoms with Gasteiger partial charge in [-0.15, -0.1) is 0 Å². The van der Waals surface area contributed by atoms with E-state index in [4.69, 9.17) is 0 Å². The molecule has 0 radical (unpaired) electrons. The molecule has 0 heterocycles. The minimum atomic E-state index is -5.64. The van der Waals surface area contributed by atoms with Gasteiger partial charge >= 0.3 is 26.0 Å². The molecule has 0 amide bonds. The second-order valence-electron chi connectivity index (χ2n) is 1.83. The molecule has 0 aromatic heterocycles. The summed E-state index contributed by atoms with van der Waals surface area (Å²) in [4.78, 5) is 0. The lowest BCUT2D eigenvalue weighted by Crippen LogP contribution is -2.20. The highest BCUT2D eigenvalue weighted by atomic mass is 33.6. The Bertz CT molecular complexity index is 530. The van der Waals surface area contributed by atoms with Crippen molar-refractivity contribution in [2.75, 3.05) is 14.1 Å². The summed E-state index contributed by atoms with van der Waals surface area (Å²) in [6.45, 7) is 0. The van der Waals surface area contributed by atoms with Crippen LogP contribution in [0.5, 0.6) is 0 Å². The van der Waals surface area contributed by atoms with Crippen molar-refractivity contribution >= 4 is 26.0 Å². The lowest BCUT2D eigenvalue weighted by atomic mass is 11.6. The zero-order valence-corrected chi connectivity index (χ0v) is 9.91. The largest absolute Gasteiger partial charge is 0.400 e. The average Bonchev–Trinajstić information content (AvgIpc) is 2.03. The Morgan fingerprint density at radius 2 is 0.933 bits per heavy atom. The highest BCUT2D eigenvalue weighted by Crippen LogP contribution is 2.16. The first-order valence-corrected chi connectivity index (χ1v) is 8.39. The normalized spacial score (nSPS) is 15.1. The summed E-state index contributed by atoms with van der Waals surface area (Å²) in [5.74, 6) is 0. The minimum absolute atomic E-state index is 0.862. The molecule has 0 atom stereocenters. The van der Waals surface area contributed by atoms with Gasteiger partial charge in [0.05, 0.1) is 14.1 Å². The van der Waals surface area contributed by atoms with Crippen molar-refractivity contribution in [3.63, 3.8) is 0 Å². The van der Waals surface area contributed by atoms with Gasteiger partial charge in [0.2, 0.25) is 0 Å². The Morgan fingerprint density at radius 3 is 1.13 bits per heavy atom. The van der Waals surface area contributed by atoms with Crippen LogP contribution in [0.15, 0.2) is 19.3 Å². The lowest BCUT2D eigenvalue weighted by Gasteiger charge is -1.95. The predicted octanol–water partition coefficient (Wildman–Crippen LogP) is -0.945. The molecule has 0 saturated heterocycles. The summed E-state index contributed by atoms with van der Waals surface area (Å²) in [5.41, 5.74) is 0. The monoisotopic (exact) mass is 278 g/mol. The zero-order chi connectivity index (χ0) is 12.3. The standard InChI is InChI=1S/C2H6N4O6S3/c1-3-5-13(7,8)15(11,12)14(9,10)6-4-2/h1-2H3. The van der Waals surface area contributed by atoms with Gasteiger partial charge in [-0.3, -0.25) is 0 Å². The third kappa shape index (κ3) is 2.54. The summed E-state index contributed by atoms with van der Waals surface area (Å²) in [7, 11) is -14.5. The van der Waals surface area contributed by atoms with Crippen molar-refractivity contribution in [3.8, 4) is 0 Å². The number of hydrogen-bond acceptors (Lipinski definition) is 8. The quantitative estimate of drug-likeness (QED) is 0.477. The first kappa shape index (κ1) is 14.1. The fraction of sp³-hybridized carbons (Fsp3) is 1.00. The average molecular weight is 278 g/mol. The summed E-state index contributed by atoms with van der Waals surface area (Å²) >= 11 is 0. The maximum atomic E-state index is 11.0. The summed E-state index contributed by atoms with van der Waals surface area (Å²) in [5, 5.41) is 5.34. The molecule has 0 rings (SSSR count). The molecule has 13 heteroatoms. The molecule has 0 saturated carbocycles. The van der Waals surface area contributed by atoms with E-state index in [2.05, 4.69) is 19.3 Å². The van der Waals surface area contributed by atoms with Crippen LogP contribution in [-0.2, 0) is 26.0 Å². The topological polar surface area (TPSA) is 152 Å². The second kappa shape index (κ2) is 4.28. The van der Waals surface area contributed by atoms with Crippen molar-refractivity contribution in [2.45, 2.75) is 0 Å². The molecule has 0 aromatic carbocycles. The van der Waals surface area contributed by atoms with E-state index in [0.717, 1.165) is 14.1 Å². The molecule has 0 fully saturated rings. The van der Waals surface area contributed by atoms with Crippen LogP contribution in [0.2, 0.25) is 0 Å². The molecule has 88 valence electrons. The van der Waals surface area contributed by atoms with E-state index in [1.807, 2.05) is 0 Å². The smallest absolute Gasteiger partial charge is 0.192 e. The van der Waals surface area contributed by atoms with Gasteiger partial charge in [0.25, 0.3) is 0 Å². The number of hydrogen-bond donors (Lipinski definition) is 0. The minimum Gasteiger partial charge on any atom is -0.192 e. The van der Waals surface area contributed by atoms with Crippen LogP contribution in [-0.4, -0.2) is 39.3 Å². The van der Waals surface area contributed by atoms with Gasteiger partial charge in [0, 0.05) is 0 Å². The molecule has 10 nitrogen and oxygen atoms in total. The molecule has 15 heavy (non-hydrogen) atoms. The van der Waals surface area contributed by atoms with Gasteiger partial charge in [-0.05, 0) is 9.04 Å². The second-order valence-corrected chi connectivity index (χ2v) is 10.5. The summed E-state index contributed by atoms with van der Waals surface area (Å²) < 4.78 is 69.9. The van der Waals surface area contributed by atoms with E-state index in [1.54, 1.807) is 0 Å². The van der Waals surface area contributed by atoms with Crippen molar-refractivity contribution in [3.05, 3.63) is 0 Å². The van der Waals surface area contributed by atoms with E-state index in [-0.39, 0.29) is 0 Å². The van der Waals surface area contributed by atoms with Crippen LogP contribution < -0.4 is 0 Å². The van der Waals surface area contributed by atoms with Gasteiger partial charge in [-0.2, -0.15) is 35.5 Å². The van der Waals surface area contributed by atoms with Gasteiger partial charge < -0.3 is 0 Å². The Labute approximate surface area is 84.9 Å². The molecule has 0 unspecified atom stereocenters. The Balaban J connectivity index is 6.01. The lowest BCUT2D eigenvalue weighted by molar-refractivity contribution is 0.577. The molecule has 0 aliphatic carbocycles. The van der Waals surface area contributed by atoms with Crippen LogP contribution in [0.4, 0.5) is 0 Å². The Hall–Kier alpha value is -0.950. The van der Waals surface area contributed by atoms with E-state index in [1.165, 1.54) is 0 Å². The van der Waals surface area contributed by atoms with Crippen molar-refractivity contribution in [1.29, 1.82) is 0 Å². The summed E-state index contributed by atoms with van der Waals surface area (Å²) in [6.07, 6.45) is 0. The fourth-order valence-corrected chi connectivity index (χ4v) is 5.16. The predicted molar refractivity (Wildman–Crippen MR) is 48.3 cm³/mol.